The van der Waals surface area contributed by atoms with Gasteiger partial charge in [0.15, 0.2) is 0 Å². The van der Waals surface area contributed by atoms with E-state index in [1.54, 1.807) is 0 Å². The van der Waals surface area contributed by atoms with Gasteiger partial charge in [0, 0.05) is 13.5 Å². The monoisotopic (exact) mass is 335 g/mol. The summed E-state index contributed by atoms with van der Waals surface area (Å²) in [6.07, 6.45) is 6.47. The quantitative estimate of drug-likeness (QED) is 0.806. The lowest BCUT2D eigenvalue weighted by Gasteiger charge is -2.33. The molecule has 7 heteroatoms. The molecule has 1 atom stereocenters. The van der Waals surface area contributed by atoms with Crippen LogP contribution >= 0.6 is 0 Å². The average Bonchev–Trinajstić information content (AvgIpc) is 2.96. The molecule has 0 aliphatic carbocycles. The number of hydrogen-bond donors (Lipinski definition) is 1. The zero-order chi connectivity index (χ0) is 16.9. The van der Waals surface area contributed by atoms with Crippen molar-refractivity contribution in [2.45, 2.75) is 51.1 Å². The van der Waals surface area contributed by atoms with Crippen LogP contribution in [0.25, 0.3) is 0 Å². The van der Waals surface area contributed by atoms with Crippen LogP contribution in [0.4, 0.5) is 0 Å². The first kappa shape index (κ1) is 17.4. The molecule has 2 fully saturated rings. The Bertz CT molecular complexity index is 553. The van der Waals surface area contributed by atoms with Crippen molar-refractivity contribution < 1.29 is 9.53 Å². The second-order valence-corrected chi connectivity index (χ2v) is 6.99. The Balaban J connectivity index is 1.65. The van der Waals surface area contributed by atoms with Crippen LogP contribution in [-0.2, 0) is 29.5 Å². The minimum atomic E-state index is -0.145. The lowest BCUT2D eigenvalue weighted by Crippen LogP contribution is -2.45. The van der Waals surface area contributed by atoms with E-state index in [4.69, 9.17) is 4.74 Å². The summed E-state index contributed by atoms with van der Waals surface area (Å²) in [5.74, 6) is 2.56. The first-order valence-electron chi connectivity index (χ1n) is 9.08. The van der Waals surface area contributed by atoms with Crippen molar-refractivity contribution in [3.8, 4) is 0 Å². The fourth-order valence-corrected chi connectivity index (χ4v) is 3.82. The third kappa shape index (κ3) is 3.95. The van der Waals surface area contributed by atoms with Crippen molar-refractivity contribution >= 4 is 5.97 Å². The predicted molar refractivity (Wildman–Crippen MR) is 90.4 cm³/mol. The van der Waals surface area contributed by atoms with Crippen LogP contribution in [0.1, 0.15) is 43.8 Å². The van der Waals surface area contributed by atoms with Gasteiger partial charge in [-0.1, -0.05) is 6.42 Å². The zero-order valence-electron chi connectivity index (χ0n) is 14.8. The molecular formula is C17H29N5O2. The lowest BCUT2D eigenvalue weighted by molar-refractivity contribution is -0.148. The van der Waals surface area contributed by atoms with Crippen molar-refractivity contribution in [3.63, 3.8) is 0 Å². The van der Waals surface area contributed by atoms with E-state index >= 15 is 0 Å². The SMILES string of the molecule is COC(=O)C1CCCCN1Cc1nnc(CC2CCNCC2)n1C. The second kappa shape index (κ2) is 8.07. The maximum atomic E-state index is 12.0. The van der Waals surface area contributed by atoms with Crippen LogP contribution in [0, 0.1) is 5.92 Å². The third-order valence-electron chi connectivity index (χ3n) is 5.42. The van der Waals surface area contributed by atoms with Crippen LogP contribution in [0.3, 0.4) is 0 Å². The zero-order valence-corrected chi connectivity index (χ0v) is 14.8. The standard InChI is InChI=1S/C17H29N5O2/c1-21-15(11-13-6-8-18-9-7-13)19-20-16(21)12-22-10-4-3-5-14(22)17(23)24-2/h13-14,18H,3-12H2,1-2H3. The number of esters is 1. The van der Waals surface area contributed by atoms with E-state index in [9.17, 15) is 4.79 Å². The fraction of sp³-hybridized carbons (Fsp3) is 0.824. The summed E-state index contributed by atoms with van der Waals surface area (Å²) in [5.41, 5.74) is 0. The molecule has 1 unspecified atom stereocenters. The Hall–Kier alpha value is -1.47. The number of rotatable bonds is 5. The van der Waals surface area contributed by atoms with Crippen molar-refractivity contribution in [3.05, 3.63) is 11.6 Å². The Morgan fingerprint density at radius 1 is 1.21 bits per heavy atom. The van der Waals surface area contributed by atoms with Crippen LogP contribution in [0.5, 0.6) is 0 Å². The molecule has 1 N–H and O–H groups in total. The molecule has 0 amide bonds. The molecule has 2 aliphatic heterocycles. The molecule has 1 aromatic rings. The molecule has 1 aromatic heterocycles. The van der Waals surface area contributed by atoms with Gasteiger partial charge < -0.3 is 14.6 Å². The number of aromatic nitrogens is 3. The summed E-state index contributed by atoms with van der Waals surface area (Å²) in [7, 11) is 3.51. The highest BCUT2D eigenvalue weighted by molar-refractivity contribution is 5.75. The summed E-state index contributed by atoms with van der Waals surface area (Å²) in [6, 6.07) is -0.145. The largest absolute Gasteiger partial charge is 0.468 e. The molecule has 0 saturated carbocycles. The van der Waals surface area contributed by atoms with E-state index in [2.05, 4.69) is 25.0 Å². The van der Waals surface area contributed by atoms with Gasteiger partial charge in [0.05, 0.1) is 13.7 Å². The van der Waals surface area contributed by atoms with E-state index in [0.29, 0.717) is 12.5 Å². The molecule has 3 heterocycles. The van der Waals surface area contributed by atoms with E-state index in [0.717, 1.165) is 57.0 Å². The van der Waals surface area contributed by atoms with Gasteiger partial charge in [-0.15, -0.1) is 10.2 Å². The Morgan fingerprint density at radius 2 is 1.96 bits per heavy atom. The van der Waals surface area contributed by atoms with Crippen LogP contribution in [0.15, 0.2) is 0 Å². The summed E-state index contributed by atoms with van der Waals surface area (Å²) < 4.78 is 7.08. The topological polar surface area (TPSA) is 72.3 Å². The van der Waals surface area contributed by atoms with E-state index < -0.39 is 0 Å². The summed E-state index contributed by atoms with van der Waals surface area (Å²) >= 11 is 0. The molecule has 0 radical (unpaired) electrons. The summed E-state index contributed by atoms with van der Waals surface area (Å²) in [6.45, 7) is 3.78. The maximum absolute atomic E-state index is 12.0. The molecule has 2 saturated heterocycles. The van der Waals surface area contributed by atoms with E-state index in [1.807, 2.05) is 7.05 Å². The maximum Gasteiger partial charge on any atom is 0.323 e. The Labute approximate surface area is 143 Å². The smallest absolute Gasteiger partial charge is 0.323 e. The van der Waals surface area contributed by atoms with Gasteiger partial charge >= 0.3 is 5.97 Å². The first-order chi connectivity index (χ1) is 11.7. The number of piperidine rings is 2. The van der Waals surface area contributed by atoms with Gasteiger partial charge in [-0.05, 0) is 51.2 Å². The normalized spacial score (nSPS) is 23.3. The molecular weight excluding hydrogens is 306 g/mol. The molecule has 0 aromatic carbocycles. The van der Waals surface area contributed by atoms with Gasteiger partial charge in [-0.25, -0.2) is 0 Å². The minimum absolute atomic E-state index is 0.133. The van der Waals surface area contributed by atoms with Gasteiger partial charge in [0.25, 0.3) is 0 Å². The molecule has 0 spiro atoms. The predicted octanol–water partition coefficient (Wildman–Crippen LogP) is 0.885. The van der Waals surface area contributed by atoms with Crippen LogP contribution in [0.2, 0.25) is 0 Å². The lowest BCUT2D eigenvalue weighted by atomic mass is 9.94. The minimum Gasteiger partial charge on any atom is -0.468 e. The molecule has 24 heavy (non-hydrogen) atoms. The highest BCUT2D eigenvalue weighted by atomic mass is 16.5. The fourth-order valence-electron chi connectivity index (χ4n) is 3.82. The van der Waals surface area contributed by atoms with Gasteiger partial charge in [-0.2, -0.15) is 0 Å². The number of likely N-dealkylation sites (tertiary alicyclic amines) is 1. The van der Waals surface area contributed by atoms with E-state index in [1.165, 1.54) is 20.0 Å². The first-order valence-corrected chi connectivity index (χ1v) is 9.08. The molecule has 134 valence electrons. The van der Waals surface area contributed by atoms with Crippen molar-refractivity contribution in [2.75, 3.05) is 26.7 Å². The van der Waals surface area contributed by atoms with Crippen molar-refractivity contribution in [1.82, 2.24) is 25.0 Å². The van der Waals surface area contributed by atoms with Crippen LogP contribution in [-0.4, -0.2) is 58.4 Å². The van der Waals surface area contributed by atoms with E-state index in [-0.39, 0.29) is 12.0 Å². The molecule has 2 aliphatic rings. The second-order valence-electron chi connectivity index (χ2n) is 6.99. The molecule has 0 bridgehead atoms. The highest BCUT2D eigenvalue weighted by Crippen LogP contribution is 2.21. The third-order valence-corrected chi connectivity index (χ3v) is 5.42. The molecule has 7 nitrogen and oxygen atoms in total. The summed E-state index contributed by atoms with van der Waals surface area (Å²) in [4.78, 5) is 14.2. The number of nitrogens with zero attached hydrogens (tertiary/aromatic N) is 4. The number of ether oxygens (including phenoxy) is 1. The van der Waals surface area contributed by atoms with Gasteiger partial charge in [0.2, 0.25) is 0 Å². The number of carbonyl (C=O) groups is 1. The van der Waals surface area contributed by atoms with Crippen molar-refractivity contribution in [1.29, 1.82) is 0 Å². The summed E-state index contributed by atoms with van der Waals surface area (Å²) in [5, 5.41) is 12.2. The number of methoxy groups -OCH3 is 1. The highest BCUT2D eigenvalue weighted by Gasteiger charge is 2.30. The Morgan fingerprint density at radius 3 is 2.71 bits per heavy atom. The molecule has 3 rings (SSSR count). The number of hydrogen-bond acceptors (Lipinski definition) is 6. The number of nitrogens with one attached hydrogen (secondary N) is 1. The Kier molecular flexibility index (Phi) is 5.84. The number of carbonyl (C=O) groups excluding carboxylic acids is 1. The van der Waals surface area contributed by atoms with Crippen LogP contribution < -0.4 is 5.32 Å². The van der Waals surface area contributed by atoms with Crippen molar-refractivity contribution in [2.24, 2.45) is 13.0 Å². The van der Waals surface area contributed by atoms with Gasteiger partial charge in [0.1, 0.15) is 17.7 Å². The average molecular weight is 335 g/mol. The van der Waals surface area contributed by atoms with Gasteiger partial charge in [-0.3, -0.25) is 9.69 Å².